The third-order valence-electron chi connectivity index (χ3n) is 1.05. The lowest BCUT2D eigenvalue weighted by Crippen LogP contribution is -2.28. The molecule has 0 N–H and O–H groups in total. The molecule has 0 spiro atoms. The van der Waals surface area contributed by atoms with Gasteiger partial charge >= 0.3 is 5.69 Å². The van der Waals surface area contributed by atoms with Gasteiger partial charge in [-0.3, -0.25) is 4.57 Å². The van der Waals surface area contributed by atoms with Crippen LogP contribution in [0.2, 0.25) is 0 Å². The maximum Gasteiger partial charge on any atom is 0.379 e. The van der Waals surface area contributed by atoms with Gasteiger partial charge in [-0.15, -0.1) is 5.10 Å². The number of hydrogen-bond donors (Lipinski definition) is 0. The van der Waals surface area contributed by atoms with E-state index in [1.165, 1.54) is 10.9 Å². The molecule has 0 saturated carbocycles. The van der Waals surface area contributed by atoms with E-state index in [1.807, 2.05) is 0 Å². The van der Waals surface area contributed by atoms with Gasteiger partial charge in [-0.05, 0) is 11.8 Å². The second kappa shape index (κ2) is 2.55. The third kappa shape index (κ3) is 1.02. The molecule has 0 aliphatic carbocycles. The first-order chi connectivity index (χ1) is 4.75. The van der Waals surface area contributed by atoms with Gasteiger partial charge in [0, 0.05) is 7.05 Å². The minimum Gasteiger partial charge on any atom is -0.393 e. The van der Waals surface area contributed by atoms with Crippen LogP contribution in [0.1, 0.15) is 6.92 Å². The molecule has 0 unspecified atom stereocenters. The highest BCUT2D eigenvalue weighted by Gasteiger charge is 1.98. The summed E-state index contributed by atoms with van der Waals surface area (Å²) >= 11 is 0. The Bertz CT molecular complexity index is 262. The fraction of sp³-hybridized carbons (Fsp3) is 0.600. The van der Waals surface area contributed by atoms with Crippen molar-refractivity contribution in [1.29, 1.82) is 0 Å². The number of aryl methyl sites for hydroxylation is 1. The molecule has 0 bridgehead atoms. The fourth-order valence-electron chi connectivity index (χ4n) is 0.569. The van der Waals surface area contributed by atoms with Crippen molar-refractivity contribution in [1.82, 2.24) is 14.5 Å². The molecule has 1 rings (SSSR count). The van der Waals surface area contributed by atoms with Crippen molar-refractivity contribution in [2.45, 2.75) is 6.92 Å². The number of aromatic nitrogens is 3. The van der Waals surface area contributed by atoms with Crippen molar-refractivity contribution in [2.24, 2.45) is 7.05 Å². The van der Waals surface area contributed by atoms with E-state index in [1.54, 1.807) is 14.0 Å². The van der Waals surface area contributed by atoms with Gasteiger partial charge in [0.1, 0.15) is 12.9 Å². The second-order valence-corrected chi connectivity index (χ2v) is 1.82. The van der Waals surface area contributed by atoms with Gasteiger partial charge in [0.2, 0.25) is 0 Å². The van der Waals surface area contributed by atoms with Crippen molar-refractivity contribution < 1.29 is 4.84 Å². The van der Waals surface area contributed by atoms with Crippen molar-refractivity contribution in [2.75, 3.05) is 6.61 Å². The molecule has 1 aromatic heterocycles. The van der Waals surface area contributed by atoms with E-state index in [9.17, 15) is 4.79 Å². The highest BCUT2D eigenvalue weighted by atomic mass is 16.7. The van der Waals surface area contributed by atoms with Gasteiger partial charge in [0.25, 0.3) is 0 Å². The zero-order chi connectivity index (χ0) is 7.56. The van der Waals surface area contributed by atoms with Crippen molar-refractivity contribution in [3.8, 4) is 0 Å². The molecule has 0 fully saturated rings. The minimum atomic E-state index is -0.262. The quantitative estimate of drug-likeness (QED) is 0.535. The molecule has 0 aromatic carbocycles. The summed E-state index contributed by atoms with van der Waals surface area (Å²) in [6.07, 6.45) is 1.40. The monoisotopic (exact) mass is 143 g/mol. The number of rotatable bonds is 2. The standard InChI is InChI=1S/C5H9N3O2/c1-3-10-8-5(9)7(2)4-6-8/h4H,3H2,1-2H3. The summed E-state index contributed by atoms with van der Waals surface area (Å²) < 4.78 is 1.34. The Morgan fingerprint density at radius 3 is 2.90 bits per heavy atom. The summed E-state index contributed by atoms with van der Waals surface area (Å²) in [5, 5.41) is 3.65. The molecule has 1 heterocycles. The zero-order valence-corrected chi connectivity index (χ0v) is 5.94. The molecular weight excluding hydrogens is 134 g/mol. The SMILES string of the molecule is CCOn1ncn(C)c1=O. The molecule has 0 radical (unpaired) electrons. The van der Waals surface area contributed by atoms with Crippen molar-refractivity contribution >= 4 is 0 Å². The molecule has 10 heavy (non-hydrogen) atoms. The van der Waals surface area contributed by atoms with Crippen molar-refractivity contribution in [3.63, 3.8) is 0 Å². The predicted octanol–water partition coefficient (Wildman–Crippen LogP) is -0.970. The van der Waals surface area contributed by atoms with E-state index in [2.05, 4.69) is 5.10 Å². The molecule has 5 nitrogen and oxygen atoms in total. The minimum absolute atomic E-state index is 0.262. The zero-order valence-electron chi connectivity index (χ0n) is 5.94. The van der Waals surface area contributed by atoms with Crippen LogP contribution in [0, 0.1) is 0 Å². The van der Waals surface area contributed by atoms with Crippen LogP contribution in [0.5, 0.6) is 0 Å². The molecule has 0 aliphatic heterocycles. The number of hydrogen-bond acceptors (Lipinski definition) is 3. The van der Waals surface area contributed by atoms with E-state index < -0.39 is 0 Å². The van der Waals surface area contributed by atoms with Crippen LogP contribution in [0.4, 0.5) is 0 Å². The Labute approximate surface area is 57.8 Å². The van der Waals surface area contributed by atoms with E-state index in [0.717, 1.165) is 4.85 Å². The normalized spacial score (nSPS) is 9.80. The van der Waals surface area contributed by atoms with Gasteiger partial charge in [0.05, 0.1) is 0 Å². The lowest BCUT2D eigenvalue weighted by molar-refractivity contribution is 0.0835. The van der Waals surface area contributed by atoms with Crippen LogP contribution in [0.25, 0.3) is 0 Å². The van der Waals surface area contributed by atoms with E-state index in [0.29, 0.717) is 6.61 Å². The highest BCUT2D eigenvalue weighted by molar-refractivity contribution is 4.60. The Hall–Kier alpha value is -1.26. The van der Waals surface area contributed by atoms with Crippen LogP contribution < -0.4 is 10.5 Å². The van der Waals surface area contributed by atoms with Gasteiger partial charge in [-0.2, -0.15) is 0 Å². The van der Waals surface area contributed by atoms with E-state index in [-0.39, 0.29) is 5.69 Å². The largest absolute Gasteiger partial charge is 0.393 e. The molecule has 0 aliphatic rings. The predicted molar refractivity (Wildman–Crippen MR) is 34.6 cm³/mol. The summed E-state index contributed by atoms with van der Waals surface area (Å²) in [5.41, 5.74) is -0.262. The summed E-state index contributed by atoms with van der Waals surface area (Å²) in [7, 11) is 1.62. The maximum absolute atomic E-state index is 10.9. The molecule has 5 heteroatoms. The Morgan fingerprint density at radius 2 is 2.50 bits per heavy atom. The highest BCUT2D eigenvalue weighted by Crippen LogP contribution is 1.69. The summed E-state index contributed by atoms with van der Waals surface area (Å²) in [6, 6.07) is 0. The van der Waals surface area contributed by atoms with Crippen LogP contribution in [-0.2, 0) is 7.05 Å². The summed E-state index contributed by atoms with van der Waals surface area (Å²) in [6.45, 7) is 2.23. The van der Waals surface area contributed by atoms with Gasteiger partial charge < -0.3 is 4.84 Å². The smallest absolute Gasteiger partial charge is 0.379 e. The molecule has 0 amide bonds. The fourth-order valence-corrected chi connectivity index (χ4v) is 0.569. The molecule has 0 atom stereocenters. The van der Waals surface area contributed by atoms with Crippen LogP contribution >= 0.6 is 0 Å². The van der Waals surface area contributed by atoms with Crippen molar-refractivity contribution in [3.05, 3.63) is 16.8 Å². The lowest BCUT2D eigenvalue weighted by atomic mass is 10.9. The average molecular weight is 143 g/mol. The van der Waals surface area contributed by atoms with Crippen LogP contribution in [0.15, 0.2) is 11.1 Å². The van der Waals surface area contributed by atoms with Gasteiger partial charge in [-0.1, -0.05) is 0 Å². The van der Waals surface area contributed by atoms with Gasteiger partial charge in [-0.25, -0.2) is 4.79 Å². The Morgan fingerprint density at radius 1 is 1.80 bits per heavy atom. The topological polar surface area (TPSA) is 49.0 Å². The average Bonchev–Trinajstić information content (AvgIpc) is 2.20. The number of nitrogens with zero attached hydrogens (tertiary/aromatic N) is 3. The first-order valence-electron chi connectivity index (χ1n) is 2.99. The summed E-state index contributed by atoms with van der Waals surface area (Å²) in [4.78, 5) is 16.7. The maximum atomic E-state index is 10.9. The molecule has 56 valence electrons. The van der Waals surface area contributed by atoms with E-state index in [4.69, 9.17) is 4.84 Å². The summed E-state index contributed by atoms with van der Waals surface area (Å²) in [5.74, 6) is 0. The first kappa shape index (κ1) is 6.85. The van der Waals surface area contributed by atoms with Crippen LogP contribution in [0.3, 0.4) is 0 Å². The lowest BCUT2D eigenvalue weighted by Gasteiger charge is -1.95. The molecular formula is C5H9N3O2. The van der Waals surface area contributed by atoms with Gasteiger partial charge in [0.15, 0.2) is 0 Å². The Balaban J connectivity index is 2.95. The first-order valence-corrected chi connectivity index (χ1v) is 2.99. The van der Waals surface area contributed by atoms with E-state index >= 15 is 0 Å². The second-order valence-electron chi connectivity index (χ2n) is 1.82. The molecule has 0 saturated heterocycles. The molecule has 1 aromatic rings. The van der Waals surface area contributed by atoms with Crippen LogP contribution in [-0.4, -0.2) is 21.1 Å². The Kier molecular flexibility index (Phi) is 1.75. The third-order valence-corrected chi connectivity index (χ3v) is 1.05.